The number of carbonyl (C=O) groups is 2. The average molecular weight is 716 g/mol. The van der Waals surface area contributed by atoms with Crippen molar-refractivity contribution in [2.24, 2.45) is 11.1 Å². The molecule has 1 spiro atoms. The maximum atomic E-state index is 15.0. The Bertz CT molecular complexity index is 1600. The van der Waals surface area contributed by atoms with Crippen LogP contribution in [0.15, 0.2) is 46.4 Å². The topological polar surface area (TPSA) is 142 Å². The number of Topliss-reactive ketones (excluding diaryl/α,β-unsaturated/α-hetero) is 1. The first-order chi connectivity index (χ1) is 23.4. The Morgan fingerprint density at radius 3 is 2.20 bits per heavy atom. The number of amides is 1. The van der Waals surface area contributed by atoms with E-state index in [9.17, 15) is 22.8 Å². The highest BCUT2D eigenvalue weighted by Gasteiger charge is 2.61. The summed E-state index contributed by atoms with van der Waals surface area (Å²) in [7, 11) is 1.50. The first-order valence-corrected chi connectivity index (χ1v) is 16.2. The molecule has 0 radical (unpaired) electrons. The van der Waals surface area contributed by atoms with Crippen LogP contribution < -0.4 is 11.1 Å². The van der Waals surface area contributed by atoms with Gasteiger partial charge in [-0.05, 0) is 78.0 Å². The van der Waals surface area contributed by atoms with Crippen LogP contribution >= 0.6 is 0 Å². The second-order valence-electron chi connectivity index (χ2n) is 12.5. The van der Waals surface area contributed by atoms with E-state index >= 15 is 13.2 Å². The molecule has 2 aromatic rings. The number of nitrogens with zero attached hydrogens (tertiary/aromatic N) is 3. The Hall–Kier alpha value is -4.05. The van der Waals surface area contributed by atoms with Crippen molar-refractivity contribution in [3.05, 3.63) is 59.2 Å². The summed E-state index contributed by atoms with van der Waals surface area (Å²) in [4.78, 5) is 30.3. The predicted octanol–water partition coefficient (Wildman–Crippen LogP) is 8.85. The number of nitrogens with one attached hydrogen (secondary N) is 1. The van der Waals surface area contributed by atoms with Gasteiger partial charge in [0.2, 0.25) is 5.60 Å². The van der Waals surface area contributed by atoms with Gasteiger partial charge >= 0.3 is 18.4 Å². The van der Waals surface area contributed by atoms with Crippen molar-refractivity contribution in [3.63, 3.8) is 0 Å². The van der Waals surface area contributed by atoms with Gasteiger partial charge in [0.25, 0.3) is 11.8 Å². The molecule has 3 aliphatic rings. The van der Waals surface area contributed by atoms with Gasteiger partial charge in [-0.1, -0.05) is 44.2 Å². The number of fused-ring (bicyclic) bond motifs is 5. The van der Waals surface area contributed by atoms with Gasteiger partial charge in [0.1, 0.15) is 11.3 Å². The number of halogens is 6. The van der Waals surface area contributed by atoms with Gasteiger partial charge in [-0.2, -0.15) is 26.3 Å². The molecule has 3 N–H and O–H groups in total. The van der Waals surface area contributed by atoms with Crippen molar-refractivity contribution in [2.45, 2.75) is 103 Å². The third kappa shape index (κ3) is 9.19. The third-order valence-corrected chi connectivity index (χ3v) is 7.86. The molecular weight excluding hydrogens is 672 g/mol. The molecule has 5 rings (SSSR count). The molecule has 276 valence electrons. The van der Waals surface area contributed by atoms with Crippen molar-refractivity contribution in [1.29, 1.82) is 0 Å². The second-order valence-corrected chi connectivity index (χ2v) is 12.5. The Labute approximate surface area is 286 Å². The maximum Gasteiger partial charge on any atom is 0.426 e. The Kier molecular flexibility index (Phi) is 12.8. The average Bonchev–Trinajstić information content (AvgIpc) is 3.68. The van der Waals surface area contributed by atoms with Crippen LogP contribution in [0, 0.1) is 5.41 Å². The molecule has 10 nitrogen and oxygen atoms in total. The van der Waals surface area contributed by atoms with Crippen molar-refractivity contribution < 1.29 is 49.8 Å². The summed E-state index contributed by atoms with van der Waals surface area (Å²) in [6.07, 6.45) is -2.21. The zero-order chi connectivity index (χ0) is 37.5. The van der Waals surface area contributed by atoms with E-state index in [1.165, 1.54) is 40.0 Å². The van der Waals surface area contributed by atoms with Gasteiger partial charge in [-0.15, -0.1) is 10.2 Å². The zero-order valence-corrected chi connectivity index (χ0v) is 28.8. The Morgan fingerprint density at radius 2 is 1.64 bits per heavy atom. The molecule has 1 unspecified atom stereocenters. The lowest BCUT2D eigenvalue weighted by Gasteiger charge is -2.32. The number of hydrogen-bond acceptors (Lipinski definition) is 9. The first-order valence-electron chi connectivity index (χ1n) is 16.2. The van der Waals surface area contributed by atoms with Gasteiger partial charge in [0, 0.05) is 11.8 Å². The van der Waals surface area contributed by atoms with Crippen LogP contribution in [-0.2, 0) is 21.3 Å². The molecule has 1 aliphatic heterocycles. The van der Waals surface area contributed by atoms with Crippen LogP contribution in [0.4, 0.5) is 36.8 Å². The summed E-state index contributed by atoms with van der Waals surface area (Å²) < 4.78 is 104. The molecule has 0 saturated heterocycles. The van der Waals surface area contributed by atoms with Crippen LogP contribution in [0.2, 0.25) is 0 Å². The number of rotatable bonds is 4. The molecule has 1 atom stereocenters. The maximum absolute atomic E-state index is 15.0. The molecule has 50 heavy (non-hydrogen) atoms. The smallest absolute Gasteiger partial charge is 0.426 e. The largest absolute Gasteiger partial charge is 0.444 e. The van der Waals surface area contributed by atoms with Crippen LogP contribution in [0.1, 0.15) is 102 Å². The highest BCUT2D eigenvalue weighted by molar-refractivity contribution is 6.03. The number of hydrogen-bond donors (Lipinski definition) is 2. The number of carbonyl (C=O) groups excluding carboxylic acids is 2. The van der Waals surface area contributed by atoms with Crippen molar-refractivity contribution in [3.8, 4) is 11.6 Å². The van der Waals surface area contributed by atoms with Gasteiger partial charge in [0.05, 0.1) is 17.9 Å². The second kappa shape index (κ2) is 15.9. The molecule has 4 bridgehead atoms. The third-order valence-electron chi connectivity index (χ3n) is 7.86. The number of ether oxygens (including phenoxy) is 2. The van der Waals surface area contributed by atoms with Gasteiger partial charge in [0.15, 0.2) is 11.5 Å². The number of alkyl halides is 6. The minimum absolute atomic E-state index is 0.0878. The fourth-order valence-corrected chi connectivity index (χ4v) is 5.28. The lowest BCUT2D eigenvalue weighted by molar-refractivity contribution is -0.289. The number of allylic oxidation sites excluding steroid dienone is 3. The lowest BCUT2D eigenvalue weighted by atomic mass is 9.89. The first kappa shape index (κ1) is 40.4. The van der Waals surface area contributed by atoms with Crippen LogP contribution in [-0.4, -0.2) is 52.5 Å². The summed E-state index contributed by atoms with van der Waals surface area (Å²) in [6, 6.07) is 0.473. The normalized spacial score (nSPS) is 20.7. The zero-order valence-electron chi connectivity index (χ0n) is 28.8. The number of ketones is 1. The number of nitrogens with two attached hydrogens (primary N) is 1. The fourth-order valence-electron chi connectivity index (χ4n) is 5.28. The minimum Gasteiger partial charge on any atom is -0.444 e. The molecule has 1 amide bonds. The van der Waals surface area contributed by atoms with E-state index < -0.39 is 88.3 Å². The van der Waals surface area contributed by atoms with E-state index in [2.05, 4.69) is 26.2 Å². The van der Waals surface area contributed by atoms with E-state index in [0.717, 1.165) is 6.42 Å². The van der Waals surface area contributed by atoms with E-state index in [-0.39, 0.29) is 25.7 Å². The summed E-state index contributed by atoms with van der Waals surface area (Å²) in [5, 5.41) is 9.49. The quantitative estimate of drug-likeness (QED) is 0.234. The van der Waals surface area contributed by atoms with Crippen molar-refractivity contribution in [2.75, 3.05) is 19.0 Å². The standard InChI is InChI=1S/C31H32F6N4O5.C2H6.CH5N/c1-27(2,3)46-26(43)38-20-16-19(30(32,33)34)21-23(42)28(14-15-28)12-8-5-9-13-29(31(35,36)37,44-17-18-10-6-4-7-11-18)25-41-40-24(45-25)22(20)39-21;2*1-2/h5-6,9-11,16H,4,7-8,12-15,17H2,1-3H3,(H,38,43);1-2H3;2H2,1H3/b9-5+;;. The molecule has 1 fully saturated rings. The summed E-state index contributed by atoms with van der Waals surface area (Å²) >= 11 is 0. The molecule has 0 aromatic carbocycles. The molecule has 3 heterocycles. The Morgan fingerprint density at radius 1 is 0.960 bits per heavy atom. The highest BCUT2D eigenvalue weighted by Crippen LogP contribution is 2.54. The number of aromatic nitrogens is 3. The van der Waals surface area contributed by atoms with Crippen LogP contribution in [0.5, 0.6) is 0 Å². The molecule has 2 aliphatic carbocycles. The van der Waals surface area contributed by atoms with Crippen molar-refractivity contribution in [1.82, 2.24) is 15.2 Å². The monoisotopic (exact) mass is 715 g/mol. The summed E-state index contributed by atoms with van der Waals surface area (Å²) in [5.41, 5.74) is -4.11. The lowest BCUT2D eigenvalue weighted by Crippen LogP contribution is -2.45. The summed E-state index contributed by atoms with van der Waals surface area (Å²) in [5.74, 6) is -2.69. The van der Waals surface area contributed by atoms with Gasteiger partial charge < -0.3 is 19.6 Å². The van der Waals surface area contributed by atoms with E-state index in [1.807, 2.05) is 13.8 Å². The van der Waals surface area contributed by atoms with Crippen LogP contribution in [0.25, 0.3) is 11.6 Å². The molecular formula is C34H43F6N5O5. The van der Waals surface area contributed by atoms with Gasteiger partial charge in [-0.25, -0.2) is 9.78 Å². The highest BCUT2D eigenvalue weighted by atomic mass is 19.4. The predicted molar refractivity (Wildman–Crippen MR) is 173 cm³/mol. The molecule has 1 saturated carbocycles. The Balaban J connectivity index is 0.00000163. The minimum atomic E-state index is -5.10. The number of anilines is 1. The van der Waals surface area contributed by atoms with Gasteiger partial charge in [-0.3, -0.25) is 10.1 Å². The SMILES string of the molecule is CC.CC(C)(C)OC(=O)Nc1cc(C(F)(F)F)c2nc1-c1nnc(o1)C(OCC1=CCCC=C1)(C(F)(F)F)C/C=C/CCC1(CC1)C2=O.CN. The van der Waals surface area contributed by atoms with Crippen LogP contribution in [0.3, 0.4) is 0 Å². The van der Waals surface area contributed by atoms with E-state index in [1.54, 1.807) is 18.2 Å². The fraction of sp³-hybridized carbons (Fsp3) is 0.559. The summed E-state index contributed by atoms with van der Waals surface area (Å²) in [6.45, 7) is 8.10. The van der Waals surface area contributed by atoms with E-state index in [4.69, 9.17) is 13.9 Å². The molecule has 2 aromatic heterocycles. The van der Waals surface area contributed by atoms with E-state index in [0.29, 0.717) is 18.1 Å². The van der Waals surface area contributed by atoms with Crippen molar-refractivity contribution >= 4 is 17.6 Å². The number of pyridine rings is 1. The molecule has 16 heteroatoms.